The Kier molecular flexibility index (Phi) is 5.60. The monoisotopic (exact) mass is 492 g/mol. The van der Waals surface area contributed by atoms with Gasteiger partial charge >= 0.3 is 6.18 Å². The fourth-order valence-electron chi connectivity index (χ4n) is 4.43. The van der Waals surface area contributed by atoms with Gasteiger partial charge in [-0.3, -0.25) is 14.0 Å². The van der Waals surface area contributed by atoms with Gasteiger partial charge in [0, 0.05) is 35.3 Å². The highest BCUT2D eigenvalue weighted by Crippen LogP contribution is 2.34. The van der Waals surface area contributed by atoms with E-state index in [0.29, 0.717) is 22.4 Å². The number of aliphatic hydroxyl groups excluding tert-OH is 1. The molecule has 6 nitrogen and oxygen atoms in total. The summed E-state index contributed by atoms with van der Waals surface area (Å²) in [6.45, 7) is 1.46. The number of nitrogens with one attached hydrogen (secondary N) is 1. The molecule has 0 aliphatic heterocycles. The number of aliphatic hydroxyl groups is 1. The number of carbonyl (C=O) groups excluding carboxylic acids is 1. The predicted molar refractivity (Wildman–Crippen MR) is 131 cm³/mol. The number of hydrogen-bond donors (Lipinski definition) is 2. The van der Waals surface area contributed by atoms with Gasteiger partial charge in [-0.05, 0) is 55.0 Å². The molecule has 36 heavy (non-hydrogen) atoms. The average Bonchev–Trinajstić information content (AvgIpc) is 3.38. The van der Waals surface area contributed by atoms with Crippen LogP contribution in [0.1, 0.15) is 28.4 Å². The van der Waals surface area contributed by atoms with E-state index in [2.05, 4.69) is 10.4 Å². The van der Waals surface area contributed by atoms with Crippen LogP contribution in [0.5, 0.6) is 0 Å². The van der Waals surface area contributed by atoms with Crippen molar-refractivity contribution in [1.82, 2.24) is 19.7 Å². The Morgan fingerprint density at radius 3 is 2.31 bits per heavy atom. The Morgan fingerprint density at radius 2 is 1.67 bits per heavy atom. The number of fused-ring (bicyclic) bond motifs is 3. The summed E-state index contributed by atoms with van der Waals surface area (Å²) >= 11 is 0. The second-order valence-corrected chi connectivity index (χ2v) is 8.96. The molecule has 9 heteroatoms. The Morgan fingerprint density at radius 1 is 0.972 bits per heavy atom. The zero-order valence-electron chi connectivity index (χ0n) is 19.5. The van der Waals surface area contributed by atoms with E-state index < -0.39 is 17.3 Å². The van der Waals surface area contributed by atoms with Crippen LogP contribution in [0.15, 0.2) is 79.0 Å². The molecule has 0 saturated heterocycles. The Bertz CT molecular complexity index is 1570. The smallest absolute Gasteiger partial charge is 0.394 e. The quantitative estimate of drug-likeness (QED) is 0.356. The number of aryl methyl sites for hydroxylation is 1. The van der Waals surface area contributed by atoms with E-state index in [1.165, 1.54) is 12.1 Å². The largest absolute Gasteiger partial charge is 0.416 e. The van der Waals surface area contributed by atoms with E-state index in [1.807, 2.05) is 36.5 Å². The zero-order valence-corrected chi connectivity index (χ0v) is 19.5. The lowest BCUT2D eigenvalue weighted by atomic mass is 9.92. The third-order valence-electron chi connectivity index (χ3n) is 6.38. The van der Waals surface area contributed by atoms with Gasteiger partial charge in [0.15, 0.2) is 5.65 Å². The summed E-state index contributed by atoms with van der Waals surface area (Å²) in [4.78, 5) is 13.2. The number of halogens is 3. The van der Waals surface area contributed by atoms with Crippen LogP contribution in [0, 0.1) is 0 Å². The van der Waals surface area contributed by atoms with E-state index in [4.69, 9.17) is 0 Å². The molecule has 0 fully saturated rings. The number of aromatic nitrogens is 3. The normalized spacial score (nSPS) is 13.7. The first-order chi connectivity index (χ1) is 17.1. The maximum Gasteiger partial charge on any atom is 0.416 e. The van der Waals surface area contributed by atoms with Crippen LogP contribution in [0.4, 0.5) is 13.2 Å². The first-order valence-corrected chi connectivity index (χ1v) is 11.2. The molecule has 2 heterocycles. The average molecular weight is 493 g/mol. The molecule has 0 spiro atoms. The van der Waals surface area contributed by atoms with Gasteiger partial charge in [0.2, 0.25) is 0 Å². The molecular weight excluding hydrogens is 469 g/mol. The number of amides is 1. The highest BCUT2D eigenvalue weighted by molar-refractivity contribution is 6.10. The standard InChI is InChI=1S/C27H23F3N4O2/c1-26(16-35,18-6-4-3-5-7-18)31-25(36)17-8-13-23-21(14-17)22-15-33(2)32-24(22)34(23)20-11-9-19(10-12-20)27(28,29)30/h3-15,35H,16H2,1-2H3,(H,31,36). The van der Waals surface area contributed by atoms with Crippen LogP contribution < -0.4 is 5.32 Å². The number of hydrogen-bond acceptors (Lipinski definition) is 3. The number of benzene rings is 3. The Balaban J connectivity index is 1.58. The van der Waals surface area contributed by atoms with Crippen molar-refractivity contribution >= 4 is 27.8 Å². The fraction of sp³-hybridized carbons (Fsp3) is 0.185. The second kappa shape index (κ2) is 8.53. The van der Waals surface area contributed by atoms with Crippen LogP contribution in [-0.2, 0) is 18.8 Å². The van der Waals surface area contributed by atoms with Gasteiger partial charge in [0.05, 0.1) is 23.2 Å². The highest BCUT2D eigenvalue weighted by atomic mass is 19.4. The summed E-state index contributed by atoms with van der Waals surface area (Å²) in [5, 5.41) is 19.0. The van der Waals surface area contributed by atoms with Gasteiger partial charge < -0.3 is 10.4 Å². The molecule has 0 saturated carbocycles. The van der Waals surface area contributed by atoms with E-state index in [1.54, 1.807) is 41.4 Å². The van der Waals surface area contributed by atoms with Crippen molar-refractivity contribution in [3.8, 4) is 5.69 Å². The second-order valence-electron chi connectivity index (χ2n) is 8.96. The van der Waals surface area contributed by atoms with Gasteiger partial charge in [-0.1, -0.05) is 30.3 Å². The summed E-state index contributed by atoms with van der Waals surface area (Å²) in [7, 11) is 1.76. The van der Waals surface area contributed by atoms with Gasteiger partial charge in [0.1, 0.15) is 0 Å². The van der Waals surface area contributed by atoms with Crippen molar-refractivity contribution in [3.05, 3.63) is 95.7 Å². The van der Waals surface area contributed by atoms with Crippen molar-refractivity contribution in [2.45, 2.75) is 18.6 Å². The fourth-order valence-corrected chi connectivity index (χ4v) is 4.43. The molecule has 2 aromatic heterocycles. The number of alkyl halides is 3. The molecule has 3 aromatic carbocycles. The zero-order chi connectivity index (χ0) is 25.7. The van der Waals surface area contributed by atoms with Crippen molar-refractivity contribution in [2.75, 3.05) is 6.61 Å². The van der Waals surface area contributed by atoms with Crippen LogP contribution in [0.2, 0.25) is 0 Å². The summed E-state index contributed by atoms with van der Waals surface area (Å²) in [5.41, 5.74) is 1.23. The third-order valence-corrected chi connectivity index (χ3v) is 6.38. The van der Waals surface area contributed by atoms with E-state index >= 15 is 0 Å². The van der Waals surface area contributed by atoms with Gasteiger partial charge in [-0.2, -0.15) is 18.3 Å². The molecule has 0 aliphatic rings. The number of nitrogens with zero attached hydrogens (tertiary/aromatic N) is 3. The van der Waals surface area contributed by atoms with Crippen molar-refractivity contribution < 1.29 is 23.1 Å². The Hall–Kier alpha value is -4.11. The van der Waals surface area contributed by atoms with Crippen LogP contribution >= 0.6 is 0 Å². The van der Waals surface area contributed by atoms with Crippen LogP contribution in [0.3, 0.4) is 0 Å². The summed E-state index contributed by atoms with van der Waals surface area (Å²) in [5.74, 6) is -0.364. The molecule has 0 bridgehead atoms. The summed E-state index contributed by atoms with van der Waals surface area (Å²) in [6.07, 6.45) is -2.62. The minimum absolute atomic E-state index is 0.290. The third kappa shape index (κ3) is 4.01. The summed E-state index contributed by atoms with van der Waals surface area (Å²) < 4.78 is 42.6. The number of rotatable bonds is 5. The molecule has 0 aliphatic carbocycles. The first-order valence-electron chi connectivity index (χ1n) is 11.2. The lowest BCUT2D eigenvalue weighted by molar-refractivity contribution is -0.137. The van der Waals surface area contributed by atoms with Gasteiger partial charge in [-0.15, -0.1) is 0 Å². The highest BCUT2D eigenvalue weighted by Gasteiger charge is 2.31. The number of carbonyl (C=O) groups is 1. The predicted octanol–water partition coefficient (Wildman–Crippen LogP) is 5.17. The lowest BCUT2D eigenvalue weighted by Gasteiger charge is -2.29. The lowest BCUT2D eigenvalue weighted by Crippen LogP contribution is -2.46. The summed E-state index contributed by atoms with van der Waals surface area (Å²) in [6, 6.07) is 19.2. The molecule has 5 rings (SSSR count). The molecule has 1 amide bonds. The van der Waals surface area contributed by atoms with Crippen LogP contribution in [0.25, 0.3) is 27.6 Å². The van der Waals surface area contributed by atoms with Crippen molar-refractivity contribution in [2.24, 2.45) is 7.05 Å². The topological polar surface area (TPSA) is 72.1 Å². The molecule has 1 unspecified atom stereocenters. The molecule has 5 aromatic rings. The molecular formula is C27H23F3N4O2. The van der Waals surface area contributed by atoms with Crippen molar-refractivity contribution in [3.63, 3.8) is 0 Å². The van der Waals surface area contributed by atoms with E-state index in [9.17, 15) is 23.1 Å². The minimum Gasteiger partial charge on any atom is -0.394 e. The maximum absolute atomic E-state index is 13.2. The molecule has 184 valence electrons. The SMILES string of the molecule is Cn1cc2c3cc(C(=O)NC(C)(CO)c4ccccc4)ccc3n(-c3ccc(C(F)(F)F)cc3)c2n1. The van der Waals surface area contributed by atoms with Crippen LogP contribution in [-0.4, -0.2) is 32.0 Å². The van der Waals surface area contributed by atoms with Gasteiger partial charge in [-0.25, -0.2) is 0 Å². The Labute approximate surface area is 204 Å². The molecule has 0 radical (unpaired) electrons. The van der Waals surface area contributed by atoms with E-state index in [0.717, 1.165) is 28.5 Å². The first kappa shape index (κ1) is 23.6. The molecule has 2 N–H and O–H groups in total. The maximum atomic E-state index is 13.2. The van der Waals surface area contributed by atoms with Crippen molar-refractivity contribution in [1.29, 1.82) is 0 Å². The van der Waals surface area contributed by atoms with E-state index in [-0.39, 0.29) is 12.5 Å². The van der Waals surface area contributed by atoms with Gasteiger partial charge in [0.25, 0.3) is 5.91 Å². The minimum atomic E-state index is -4.43. The molecule has 1 atom stereocenters.